The van der Waals surface area contributed by atoms with Crippen molar-refractivity contribution in [2.24, 2.45) is 0 Å². The van der Waals surface area contributed by atoms with Gasteiger partial charge in [-0.15, -0.1) is 0 Å². The van der Waals surface area contributed by atoms with Crippen LogP contribution >= 0.6 is 11.6 Å². The molecule has 1 aliphatic rings. The normalized spacial score (nSPS) is 17.6. The molecule has 6 nitrogen and oxygen atoms in total. The fourth-order valence-corrected chi connectivity index (χ4v) is 4.04. The smallest absolute Gasteiger partial charge is 0.337 e. The number of piperidine rings is 1. The lowest BCUT2D eigenvalue weighted by atomic mass is 10.1. The van der Waals surface area contributed by atoms with Crippen LogP contribution in [0.25, 0.3) is 11.0 Å². The number of aromatic carboxylic acids is 1. The zero-order chi connectivity index (χ0) is 22.0. The van der Waals surface area contributed by atoms with Crippen molar-refractivity contribution in [1.29, 1.82) is 0 Å². The Hall–Kier alpha value is -2.55. The molecule has 1 saturated heterocycles. The van der Waals surface area contributed by atoms with Crippen molar-refractivity contribution >= 4 is 28.6 Å². The molecule has 9 heteroatoms. The van der Waals surface area contributed by atoms with Crippen molar-refractivity contribution in [2.75, 3.05) is 26.2 Å². The molecule has 1 unspecified atom stereocenters. The maximum Gasteiger partial charge on any atom is 0.337 e. The number of ether oxygens (including phenoxy) is 1. The average Bonchev–Trinajstić information content (AvgIpc) is 3.17. The monoisotopic (exact) mass is 449 g/mol. The highest BCUT2D eigenvalue weighted by Gasteiger charge is 2.33. The second kappa shape index (κ2) is 8.90. The second-order valence-corrected chi connectivity index (χ2v) is 8.03. The number of aromatic amines is 1. The molecule has 3 aromatic rings. The van der Waals surface area contributed by atoms with Crippen LogP contribution in [0.4, 0.5) is 8.78 Å². The molecule has 0 saturated carbocycles. The number of hydrogen-bond donors (Lipinski definition) is 2. The number of fused-ring (bicyclic) bond motifs is 1. The molecular formula is C22H22ClF2N3O3. The zero-order valence-electron chi connectivity index (χ0n) is 16.7. The van der Waals surface area contributed by atoms with Gasteiger partial charge in [0.15, 0.2) is 0 Å². The molecule has 1 fully saturated rings. The number of carbonyl (C=O) groups is 1. The Bertz CT molecular complexity index is 1080. The standard InChI is InChI=1S/C22H22ClF2N3O3/c23-16-4-2-1-3-14(16)20(31-12-11-28-9-6-22(24,25)7-10-28)18-13-17-19(27-18)15(21(29)30)5-8-26-17/h1-5,8,13,20,27H,6-7,9-12H2,(H,29,30). The Kier molecular flexibility index (Phi) is 6.22. The van der Waals surface area contributed by atoms with Gasteiger partial charge in [0.25, 0.3) is 5.92 Å². The third-order valence-electron chi connectivity index (χ3n) is 5.52. The molecular weight excluding hydrogens is 428 g/mol. The van der Waals surface area contributed by atoms with Gasteiger partial charge in [-0.2, -0.15) is 0 Å². The van der Waals surface area contributed by atoms with Crippen LogP contribution in [0.15, 0.2) is 42.6 Å². The van der Waals surface area contributed by atoms with Gasteiger partial charge in [0.1, 0.15) is 6.10 Å². The molecule has 1 aliphatic heterocycles. The average molecular weight is 450 g/mol. The SMILES string of the molecule is O=C(O)c1ccnc2cc(C(OCCN3CCC(F)(F)CC3)c3ccccc3Cl)[nH]c12. The molecule has 0 radical (unpaired) electrons. The molecule has 0 amide bonds. The minimum atomic E-state index is -2.59. The van der Waals surface area contributed by atoms with Gasteiger partial charge in [-0.1, -0.05) is 29.8 Å². The summed E-state index contributed by atoms with van der Waals surface area (Å²) in [5.74, 6) is -3.64. The molecule has 31 heavy (non-hydrogen) atoms. The van der Waals surface area contributed by atoms with E-state index in [4.69, 9.17) is 16.3 Å². The Morgan fingerprint density at radius 1 is 1.29 bits per heavy atom. The largest absolute Gasteiger partial charge is 0.478 e. The van der Waals surface area contributed by atoms with Gasteiger partial charge < -0.3 is 19.7 Å². The van der Waals surface area contributed by atoms with E-state index < -0.39 is 18.0 Å². The van der Waals surface area contributed by atoms with E-state index >= 15 is 0 Å². The molecule has 1 aromatic carbocycles. The van der Waals surface area contributed by atoms with Crippen molar-refractivity contribution in [3.8, 4) is 0 Å². The summed E-state index contributed by atoms with van der Waals surface area (Å²) in [6.45, 7) is 1.46. The van der Waals surface area contributed by atoms with Crippen molar-refractivity contribution in [1.82, 2.24) is 14.9 Å². The topological polar surface area (TPSA) is 78.5 Å². The fraction of sp³-hybridized carbons (Fsp3) is 0.364. The number of nitrogens with zero attached hydrogens (tertiary/aromatic N) is 2. The maximum absolute atomic E-state index is 13.4. The number of H-pyrrole nitrogens is 1. The van der Waals surface area contributed by atoms with E-state index in [0.29, 0.717) is 48.0 Å². The van der Waals surface area contributed by atoms with Gasteiger partial charge in [0, 0.05) is 49.3 Å². The molecule has 1 atom stereocenters. The van der Waals surface area contributed by atoms with Crippen molar-refractivity contribution in [3.05, 3.63) is 64.4 Å². The first-order chi connectivity index (χ1) is 14.8. The van der Waals surface area contributed by atoms with Crippen molar-refractivity contribution in [3.63, 3.8) is 0 Å². The Morgan fingerprint density at radius 2 is 2.03 bits per heavy atom. The molecule has 4 rings (SSSR count). The summed E-state index contributed by atoms with van der Waals surface area (Å²) in [7, 11) is 0. The van der Waals surface area contributed by atoms with Gasteiger partial charge in [-0.05, 0) is 18.2 Å². The molecule has 0 spiro atoms. The summed E-state index contributed by atoms with van der Waals surface area (Å²) in [5, 5.41) is 9.96. The van der Waals surface area contributed by atoms with Gasteiger partial charge in [-0.3, -0.25) is 4.98 Å². The number of halogens is 3. The highest BCUT2D eigenvalue weighted by atomic mass is 35.5. The Morgan fingerprint density at radius 3 is 2.74 bits per heavy atom. The summed E-state index contributed by atoms with van der Waals surface area (Å²) < 4.78 is 32.9. The number of benzene rings is 1. The lowest BCUT2D eigenvalue weighted by Crippen LogP contribution is -2.40. The molecule has 2 N–H and O–H groups in total. The third kappa shape index (κ3) is 4.87. The molecule has 3 heterocycles. The van der Waals surface area contributed by atoms with Crippen molar-refractivity contribution in [2.45, 2.75) is 24.9 Å². The Balaban J connectivity index is 1.57. The Labute approximate surface area is 182 Å². The first-order valence-corrected chi connectivity index (χ1v) is 10.4. The quantitative estimate of drug-likeness (QED) is 0.544. The van der Waals surface area contributed by atoms with Crippen LogP contribution in [0.3, 0.4) is 0 Å². The first kappa shape index (κ1) is 21.7. The number of carboxylic acids is 1. The van der Waals surface area contributed by atoms with Gasteiger partial charge >= 0.3 is 5.97 Å². The summed E-state index contributed by atoms with van der Waals surface area (Å²) >= 11 is 6.41. The fourth-order valence-electron chi connectivity index (χ4n) is 3.80. The van der Waals surface area contributed by atoms with Crippen LogP contribution in [0.5, 0.6) is 0 Å². The summed E-state index contributed by atoms with van der Waals surface area (Å²) in [5.41, 5.74) is 2.37. The van der Waals surface area contributed by atoms with Crippen LogP contribution in [-0.4, -0.2) is 58.1 Å². The second-order valence-electron chi connectivity index (χ2n) is 7.62. The number of carboxylic acid groups (broad SMARTS) is 1. The van der Waals surface area contributed by atoms with E-state index in [2.05, 4.69) is 9.97 Å². The highest BCUT2D eigenvalue weighted by molar-refractivity contribution is 6.31. The first-order valence-electron chi connectivity index (χ1n) is 10.0. The van der Waals surface area contributed by atoms with Gasteiger partial charge in [-0.25, -0.2) is 13.6 Å². The molecule has 164 valence electrons. The van der Waals surface area contributed by atoms with Crippen LogP contribution in [0.1, 0.15) is 40.6 Å². The number of rotatable bonds is 7. The number of alkyl halides is 2. The summed E-state index contributed by atoms with van der Waals surface area (Å²) in [4.78, 5) is 20.9. The number of likely N-dealkylation sites (tertiary alicyclic amines) is 1. The molecule has 0 aliphatic carbocycles. The van der Waals surface area contributed by atoms with E-state index in [0.717, 1.165) is 5.56 Å². The minimum absolute atomic E-state index is 0.114. The number of aromatic nitrogens is 2. The van der Waals surface area contributed by atoms with Crippen LogP contribution in [0.2, 0.25) is 5.02 Å². The number of pyridine rings is 1. The third-order valence-corrected chi connectivity index (χ3v) is 5.87. The van der Waals surface area contributed by atoms with Gasteiger partial charge in [0.2, 0.25) is 0 Å². The van der Waals surface area contributed by atoms with Crippen LogP contribution in [-0.2, 0) is 4.74 Å². The van der Waals surface area contributed by atoms with E-state index in [1.54, 1.807) is 12.1 Å². The van der Waals surface area contributed by atoms with E-state index in [-0.39, 0.29) is 18.4 Å². The summed E-state index contributed by atoms with van der Waals surface area (Å²) in [6.07, 6.45) is 0.566. The molecule has 0 bridgehead atoms. The molecule has 2 aromatic heterocycles. The zero-order valence-corrected chi connectivity index (χ0v) is 17.4. The predicted octanol–water partition coefficient (Wildman–Crippen LogP) is 4.75. The van der Waals surface area contributed by atoms with Crippen LogP contribution in [0, 0.1) is 0 Å². The lowest BCUT2D eigenvalue weighted by Gasteiger charge is -2.32. The predicted molar refractivity (Wildman–Crippen MR) is 113 cm³/mol. The lowest BCUT2D eigenvalue weighted by molar-refractivity contribution is -0.0602. The van der Waals surface area contributed by atoms with E-state index in [1.807, 2.05) is 23.1 Å². The van der Waals surface area contributed by atoms with Crippen LogP contribution < -0.4 is 0 Å². The highest BCUT2D eigenvalue weighted by Crippen LogP contribution is 2.33. The minimum Gasteiger partial charge on any atom is -0.478 e. The van der Waals surface area contributed by atoms with Crippen molar-refractivity contribution < 1.29 is 23.4 Å². The summed E-state index contributed by atoms with van der Waals surface area (Å²) in [6, 6.07) is 10.4. The number of hydrogen-bond acceptors (Lipinski definition) is 4. The maximum atomic E-state index is 13.4. The van der Waals surface area contributed by atoms with Gasteiger partial charge in [0.05, 0.1) is 28.9 Å². The van der Waals surface area contributed by atoms with E-state index in [9.17, 15) is 18.7 Å². The number of nitrogens with one attached hydrogen (secondary N) is 1. The van der Waals surface area contributed by atoms with E-state index in [1.165, 1.54) is 12.3 Å².